The van der Waals surface area contributed by atoms with Gasteiger partial charge in [0.2, 0.25) is 0 Å². The fraction of sp³-hybridized carbons (Fsp3) is 0.440. The molecule has 0 unspecified atom stereocenters. The number of aryl methyl sites for hydroxylation is 4. The summed E-state index contributed by atoms with van der Waals surface area (Å²) in [4.78, 5) is 9.92. The third kappa shape index (κ3) is 6.92. The van der Waals surface area contributed by atoms with E-state index >= 15 is 0 Å². The minimum absolute atomic E-state index is 0.0956. The molecule has 172 valence electrons. The molecule has 0 bridgehead atoms. The molecule has 0 heterocycles. The van der Waals surface area contributed by atoms with Gasteiger partial charge in [-0.05, 0) is 95.2 Å². The maximum atomic E-state index is 10.5. The quantitative estimate of drug-likeness (QED) is 0.402. The molecule has 0 radical (unpaired) electrons. The van der Waals surface area contributed by atoms with Gasteiger partial charge in [-0.25, -0.2) is 0 Å². The maximum absolute atomic E-state index is 10.5. The molecule has 0 saturated heterocycles. The zero-order valence-corrected chi connectivity index (χ0v) is 23.6. The van der Waals surface area contributed by atoms with E-state index in [0.717, 1.165) is 64.1 Å². The molecule has 2 aromatic carbocycles. The van der Waals surface area contributed by atoms with E-state index in [0.29, 0.717) is 11.5 Å². The van der Waals surface area contributed by atoms with Crippen LogP contribution in [0.25, 0.3) is 0 Å². The summed E-state index contributed by atoms with van der Waals surface area (Å²) in [6.45, 7) is 11.8. The van der Waals surface area contributed by atoms with Crippen LogP contribution >= 0.6 is 17.0 Å². The molecule has 3 rings (SSSR count). The fourth-order valence-corrected chi connectivity index (χ4v) is 4.33. The summed E-state index contributed by atoms with van der Waals surface area (Å²) in [7, 11) is 9.87. The molecule has 7 heteroatoms. The van der Waals surface area contributed by atoms with E-state index in [1.54, 1.807) is 0 Å². The van der Waals surface area contributed by atoms with Crippen molar-refractivity contribution in [2.75, 3.05) is 0 Å². The number of phenolic OH excluding ortho intramolecular Hbond substituents is 2. The monoisotopic (exact) mass is 552 g/mol. The summed E-state index contributed by atoms with van der Waals surface area (Å²) in [6, 6.07) is 8.14. The van der Waals surface area contributed by atoms with Crippen LogP contribution < -0.4 is 0 Å². The van der Waals surface area contributed by atoms with Crippen LogP contribution in [0, 0.1) is 27.7 Å². The molecule has 1 fully saturated rings. The van der Waals surface area contributed by atoms with E-state index in [2.05, 4.69) is 0 Å². The molecule has 0 aliphatic heterocycles. The molecule has 4 nitrogen and oxygen atoms in total. The van der Waals surface area contributed by atoms with E-state index in [1.165, 1.54) is 0 Å². The average molecular weight is 555 g/mol. The Balaban J connectivity index is 0.00000114. The van der Waals surface area contributed by atoms with Gasteiger partial charge in [0.05, 0.1) is 12.1 Å². The van der Waals surface area contributed by atoms with Crippen LogP contribution in [0.15, 0.2) is 34.3 Å². The van der Waals surface area contributed by atoms with Crippen molar-refractivity contribution in [3.05, 3.63) is 57.6 Å². The first-order chi connectivity index (χ1) is 15.1. The Hall–Kier alpha value is -1.16. The Kier molecular flexibility index (Phi) is 10.5. The number of nitrogens with zero attached hydrogens (tertiary/aromatic N) is 2. The van der Waals surface area contributed by atoms with Gasteiger partial charge in [0.15, 0.2) is 0 Å². The van der Waals surface area contributed by atoms with Gasteiger partial charge in [-0.1, -0.05) is 12.1 Å². The molecule has 0 spiro atoms. The summed E-state index contributed by atoms with van der Waals surface area (Å²) >= 11 is -0.826. The van der Waals surface area contributed by atoms with E-state index in [-0.39, 0.29) is 12.1 Å². The van der Waals surface area contributed by atoms with Gasteiger partial charge in [0.1, 0.15) is 11.5 Å². The summed E-state index contributed by atoms with van der Waals surface area (Å²) < 4.78 is 0. The van der Waals surface area contributed by atoms with Crippen molar-refractivity contribution in [3.63, 3.8) is 0 Å². The van der Waals surface area contributed by atoms with E-state index in [1.807, 2.05) is 65.8 Å². The predicted molar refractivity (Wildman–Crippen MR) is 133 cm³/mol. The number of hydrogen-bond donors (Lipinski definition) is 2. The van der Waals surface area contributed by atoms with Crippen LogP contribution in [-0.2, 0) is 20.8 Å². The van der Waals surface area contributed by atoms with Crippen molar-refractivity contribution in [2.45, 2.75) is 72.9 Å². The number of aliphatic imine (C=N–C) groups is 2. The molecular weight excluding hydrogens is 522 g/mol. The van der Waals surface area contributed by atoms with Crippen molar-refractivity contribution in [2.24, 2.45) is 9.98 Å². The van der Waals surface area contributed by atoms with Crippen molar-refractivity contribution >= 4 is 28.4 Å². The molecule has 0 amide bonds. The van der Waals surface area contributed by atoms with E-state index in [4.69, 9.17) is 27.0 Å². The molecular formula is C25H32Cl2N2O2Zr. The Morgan fingerprint density at radius 3 is 1.47 bits per heavy atom. The van der Waals surface area contributed by atoms with Crippen LogP contribution in [0.4, 0.5) is 0 Å². The Labute approximate surface area is 210 Å². The third-order valence-electron chi connectivity index (χ3n) is 5.83. The Morgan fingerprint density at radius 1 is 0.781 bits per heavy atom. The molecule has 2 N–H and O–H groups in total. The fourth-order valence-electron chi connectivity index (χ4n) is 4.33. The number of aromatic hydroxyl groups is 2. The number of benzene rings is 2. The molecule has 1 aliphatic carbocycles. The zero-order valence-electron chi connectivity index (χ0n) is 19.6. The van der Waals surface area contributed by atoms with Gasteiger partial charge in [0, 0.05) is 22.6 Å². The van der Waals surface area contributed by atoms with Crippen molar-refractivity contribution in [3.8, 4) is 11.5 Å². The van der Waals surface area contributed by atoms with Crippen LogP contribution in [0.3, 0.4) is 0 Å². The first-order valence-corrected chi connectivity index (χ1v) is 17.1. The summed E-state index contributed by atoms with van der Waals surface area (Å²) in [6.07, 6.45) is 3.06. The van der Waals surface area contributed by atoms with Crippen LogP contribution in [0.5, 0.6) is 11.5 Å². The Morgan fingerprint density at radius 2 is 1.12 bits per heavy atom. The van der Waals surface area contributed by atoms with E-state index < -0.39 is 20.8 Å². The van der Waals surface area contributed by atoms with Crippen LogP contribution in [0.2, 0.25) is 0 Å². The van der Waals surface area contributed by atoms with Gasteiger partial charge in [-0.3, -0.25) is 9.98 Å². The average Bonchev–Trinajstić information content (AvgIpc) is 3.14. The van der Waals surface area contributed by atoms with Crippen LogP contribution in [-0.4, -0.2) is 33.7 Å². The normalized spacial score (nSPS) is 18.9. The number of hydrogen-bond acceptors (Lipinski definition) is 4. The van der Waals surface area contributed by atoms with Crippen molar-refractivity contribution in [1.29, 1.82) is 0 Å². The predicted octanol–water partition coefficient (Wildman–Crippen LogP) is 6.95. The second-order valence-electron chi connectivity index (χ2n) is 8.52. The SMILES string of the molecule is CC(=N[C@@H]1CCC[C@H]1N=C(C)c1cc(C)cc(C)c1O)c1cc(C)cc(C)c1O.[Cl][Zr][Cl]. The van der Waals surface area contributed by atoms with E-state index in [9.17, 15) is 10.2 Å². The molecule has 32 heavy (non-hydrogen) atoms. The summed E-state index contributed by atoms with van der Waals surface area (Å²) in [5.74, 6) is 0.623. The van der Waals surface area contributed by atoms with Crippen molar-refractivity contribution < 1.29 is 31.1 Å². The molecule has 0 aromatic heterocycles. The number of phenols is 2. The minimum atomic E-state index is -0.826. The van der Waals surface area contributed by atoms with Gasteiger partial charge >= 0.3 is 37.9 Å². The first-order valence-electron chi connectivity index (χ1n) is 10.7. The van der Waals surface area contributed by atoms with Gasteiger partial charge in [-0.15, -0.1) is 0 Å². The third-order valence-corrected chi connectivity index (χ3v) is 5.83. The number of halogens is 2. The Bertz CT molecular complexity index is 942. The standard InChI is InChI=1S/C25H32N2O2.2ClH.Zr/c1-14-10-16(3)24(28)20(12-14)18(5)26-22-8-7-9-23(22)27-19(6)21-13-15(2)11-17(4)25(21)29;;;/h10-13,22-23,28-29H,7-9H2,1-6H3;2*1H;/q;;;+2/p-2/t22-,23-;;;/m1.../s1. The second-order valence-corrected chi connectivity index (χ2v) is 12.3. The van der Waals surface area contributed by atoms with Gasteiger partial charge < -0.3 is 10.2 Å². The molecule has 2 aromatic rings. The second kappa shape index (κ2) is 12.3. The molecule has 2 atom stereocenters. The summed E-state index contributed by atoms with van der Waals surface area (Å²) in [5.41, 5.74) is 7.30. The summed E-state index contributed by atoms with van der Waals surface area (Å²) in [5, 5.41) is 20.9. The number of rotatable bonds is 4. The van der Waals surface area contributed by atoms with Crippen LogP contribution in [0.1, 0.15) is 66.5 Å². The molecule has 1 saturated carbocycles. The topological polar surface area (TPSA) is 65.2 Å². The van der Waals surface area contributed by atoms with Gasteiger partial charge in [0.25, 0.3) is 0 Å². The molecule has 1 aliphatic rings. The zero-order chi connectivity index (χ0) is 24.0. The first kappa shape index (κ1) is 27.1. The van der Waals surface area contributed by atoms with Crippen molar-refractivity contribution in [1.82, 2.24) is 0 Å². The van der Waals surface area contributed by atoms with Gasteiger partial charge in [-0.2, -0.15) is 0 Å².